The molecular formula is C97H80Br2O18. The summed E-state index contributed by atoms with van der Waals surface area (Å²) in [5.74, 6) is -2.05. The molecule has 2 aliphatic heterocycles. The largest absolute Gasteiger partial charge is 0.485 e. The summed E-state index contributed by atoms with van der Waals surface area (Å²) in [6, 6.07) is 101. The summed E-state index contributed by atoms with van der Waals surface area (Å²) in [4.78, 5) is 48.8. The third kappa shape index (κ3) is 20.9. The molecule has 0 N–H and O–H groups in total. The number of rotatable bonds is 34. The molecule has 13 aromatic carbocycles. The van der Waals surface area contributed by atoms with Crippen molar-refractivity contribution >= 4 is 49.8 Å². The molecule has 20 heteroatoms. The molecule has 2 aliphatic rings. The fraction of sp³-hybridized carbons (Fsp3) is 0.165. The second-order valence-electron chi connectivity index (χ2n) is 27.4. The molecule has 0 amide bonds. The molecule has 15 rings (SSSR count). The molecule has 2 heterocycles. The van der Waals surface area contributed by atoms with Crippen LogP contribution in [0.3, 0.4) is 0 Å². The Balaban J connectivity index is 0.878. The molecule has 2 saturated heterocycles. The van der Waals surface area contributed by atoms with Gasteiger partial charge in [-0.3, -0.25) is 0 Å². The monoisotopic (exact) mass is 1690 g/mol. The van der Waals surface area contributed by atoms with Crippen LogP contribution in [-0.2, 0) is 87.9 Å². The Kier molecular flexibility index (Phi) is 26.9. The number of hydrogen-bond acceptors (Lipinski definition) is 18. The fourth-order valence-electron chi connectivity index (χ4n) is 13.1. The normalized spacial score (nSPS) is 16.1. The average molecular weight is 1690 g/mol. The number of hydrogen-bond donors (Lipinski definition) is 0. The highest BCUT2D eigenvalue weighted by Gasteiger charge is 2.56. The van der Waals surface area contributed by atoms with Crippen molar-refractivity contribution in [2.24, 2.45) is 0 Å². The van der Waals surface area contributed by atoms with Gasteiger partial charge in [0, 0.05) is 5.56 Å². The first kappa shape index (κ1) is 79.5. The molecule has 13 aromatic rings. The van der Waals surface area contributed by atoms with Crippen LogP contribution in [0.25, 0.3) is 0 Å². The highest BCUT2D eigenvalue weighted by molar-refractivity contribution is 9.11. The maximum Gasteiger partial charge on any atom is 0.340 e. The average Bonchev–Trinajstić information content (AvgIpc) is 0.755. The second-order valence-corrected chi connectivity index (χ2v) is 29.0. The molecular weight excluding hydrogens is 1610 g/mol. The zero-order chi connectivity index (χ0) is 79.9. The number of benzene rings is 13. The SMILES string of the molecule is O=C(O[C@@H]1O[C@@H]2CO[C@@H](c3ccccc3)O[C@H]2[C@H](OC(=O)c2cc(OCc3ccccc3)c(OCc3ccccc3)c(OCc3ccccc3)c2Br)[C@H]1OC(=O)c1cc(OCc2ccccc2)c(OCc2ccccc2)c(OCc2ccccc2)c1Br)c1cc(OCc2ccccc2)c(OCc2ccccc2)c(OCc2ccccc2)c1. The van der Waals surface area contributed by atoms with E-state index in [0.29, 0.717) is 5.56 Å². The summed E-state index contributed by atoms with van der Waals surface area (Å²) < 4.78 is 102. The van der Waals surface area contributed by atoms with Gasteiger partial charge in [0.2, 0.25) is 29.6 Å². The van der Waals surface area contributed by atoms with Crippen LogP contribution in [-0.4, -0.2) is 55.2 Å². The van der Waals surface area contributed by atoms with E-state index in [2.05, 4.69) is 31.9 Å². The van der Waals surface area contributed by atoms with Crippen LogP contribution in [0, 0.1) is 0 Å². The summed E-state index contributed by atoms with van der Waals surface area (Å²) >= 11 is 7.64. The van der Waals surface area contributed by atoms with E-state index in [-0.39, 0.29) is 143 Å². The minimum atomic E-state index is -1.97. The van der Waals surface area contributed by atoms with E-state index in [0.717, 1.165) is 50.1 Å². The molecule has 0 aromatic heterocycles. The Morgan fingerprint density at radius 3 is 0.889 bits per heavy atom. The molecule has 0 spiro atoms. The van der Waals surface area contributed by atoms with Crippen molar-refractivity contribution in [3.63, 3.8) is 0 Å². The first-order valence-electron chi connectivity index (χ1n) is 38.1. The molecule has 0 unspecified atom stereocenters. The summed E-state index contributed by atoms with van der Waals surface area (Å²) in [6.45, 7) is 0.110. The number of fused-ring (bicyclic) bond motifs is 1. The van der Waals surface area contributed by atoms with Crippen molar-refractivity contribution < 1.29 is 85.4 Å². The maximum absolute atomic E-state index is 16.4. The summed E-state index contributed by atoms with van der Waals surface area (Å²) in [7, 11) is 0. The Morgan fingerprint density at radius 1 is 0.291 bits per heavy atom. The van der Waals surface area contributed by atoms with E-state index in [4.69, 9.17) is 71.1 Å². The molecule has 117 heavy (non-hydrogen) atoms. The van der Waals surface area contributed by atoms with Crippen LogP contribution >= 0.6 is 31.9 Å². The van der Waals surface area contributed by atoms with Crippen LogP contribution in [0.4, 0.5) is 0 Å². The zero-order valence-corrected chi connectivity index (χ0v) is 66.5. The van der Waals surface area contributed by atoms with Gasteiger partial charge in [-0.2, -0.15) is 0 Å². The number of ether oxygens (including phenoxy) is 15. The van der Waals surface area contributed by atoms with Gasteiger partial charge in [0.25, 0.3) is 0 Å². The molecule has 6 atom stereocenters. The van der Waals surface area contributed by atoms with Gasteiger partial charge in [0.15, 0.2) is 46.9 Å². The van der Waals surface area contributed by atoms with E-state index in [1.165, 1.54) is 24.3 Å². The first-order chi connectivity index (χ1) is 57.6. The first-order valence-corrected chi connectivity index (χ1v) is 39.7. The van der Waals surface area contributed by atoms with Crippen molar-refractivity contribution in [1.82, 2.24) is 0 Å². The highest BCUT2D eigenvalue weighted by atomic mass is 79.9. The van der Waals surface area contributed by atoms with Crippen molar-refractivity contribution in [3.05, 3.63) is 409 Å². The lowest BCUT2D eigenvalue weighted by molar-refractivity contribution is -0.351. The molecule has 0 radical (unpaired) electrons. The van der Waals surface area contributed by atoms with E-state index >= 15 is 14.4 Å². The topological polar surface area (TPSA) is 190 Å². The molecule has 18 nitrogen and oxygen atoms in total. The van der Waals surface area contributed by atoms with E-state index in [1.54, 1.807) is 0 Å². The highest BCUT2D eigenvalue weighted by Crippen LogP contribution is 2.50. The minimum absolute atomic E-state index is 0.00119. The summed E-state index contributed by atoms with van der Waals surface area (Å²) in [6.07, 6.45) is -9.41. The Bertz CT molecular complexity index is 5340. The van der Waals surface area contributed by atoms with E-state index in [1.807, 2.05) is 303 Å². The van der Waals surface area contributed by atoms with Crippen molar-refractivity contribution in [2.45, 2.75) is 96.5 Å². The van der Waals surface area contributed by atoms with Gasteiger partial charge in [0.05, 0.1) is 32.2 Å². The van der Waals surface area contributed by atoms with Gasteiger partial charge < -0.3 is 71.1 Å². The number of carbonyl (C=O) groups excluding carboxylic acids is 3. The standard InChI is InChI=1S/C97H80Br2O18/c98-83-76(53-80(105-57-67-35-15-3-16-36-67)86(108-60-70-41-21-6-22-42-70)89(83)110-62-72-45-25-8-26-46-72)94(101)114-91-88-82(64-112-96(116-88)74-49-29-10-30-50-74)113-97(117-93(100)75-51-78(103-55-65-31-11-1-12-32-65)85(107-59-69-39-19-5-20-40-69)79(52-75)104-56-66-33-13-2-14-34-66)92(91)115-95(102)77-54-81(106-58-68-37-17-4-18-38-68)87(109-61-71-43-23-7-24-44-71)90(84(77)99)111-63-73-47-27-9-28-48-73/h1-54,82,88,91-92,96-97H,55-64H2/t82-,88-,91+,92-,96-,97+/m1/s1. The number of esters is 3. The van der Waals surface area contributed by atoms with E-state index < -0.39 is 54.9 Å². The lowest BCUT2D eigenvalue weighted by Gasteiger charge is -2.47. The van der Waals surface area contributed by atoms with Crippen LogP contribution in [0.2, 0.25) is 0 Å². The van der Waals surface area contributed by atoms with Crippen molar-refractivity contribution in [1.29, 1.82) is 0 Å². The van der Waals surface area contributed by atoms with E-state index in [9.17, 15) is 0 Å². The van der Waals surface area contributed by atoms with Gasteiger partial charge in [-0.1, -0.05) is 303 Å². The smallest absolute Gasteiger partial charge is 0.340 e. The summed E-state index contributed by atoms with van der Waals surface area (Å²) in [5.41, 5.74) is 7.49. The van der Waals surface area contributed by atoms with Gasteiger partial charge in [-0.25, -0.2) is 14.4 Å². The van der Waals surface area contributed by atoms with Crippen LogP contribution in [0.1, 0.15) is 93.0 Å². The van der Waals surface area contributed by atoms with Gasteiger partial charge in [-0.15, -0.1) is 0 Å². The molecule has 2 fully saturated rings. The predicted molar refractivity (Wildman–Crippen MR) is 444 cm³/mol. The third-order valence-electron chi connectivity index (χ3n) is 19.1. The van der Waals surface area contributed by atoms with Crippen LogP contribution < -0.4 is 42.6 Å². The van der Waals surface area contributed by atoms with Crippen LogP contribution in [0.15, 0.2) is 337 Å². The Labute approximate surface area is 694 Å². The van der Waals surface area contributed by atoms with Crippen molar-refractivity contribution in [2.75, 3.05) is 6.61 Å². The van der Waals surface area contributed by atoms with Crippen LogP contribution in [0.5, 0.6) is 51.7 Å². The molecule has 590 valence electrons. The third-order valence-corrected chi connectivity index (χ3v) is 20.7. The molecule has 0 aliphatic carbocycles. The predicted octanol–water partition coefficient (Wildman–Crippen LogP) is 20.9. The minimum Gasteiger partial charge on any atom is -0.485 e. The quantitative estimate of drug-likeness (QED) is 0.0273. The Morgan fingerprint density at radius 2 is 0.564 bits per heavy atom. The number of carbonyl (C=O) groups is 3. The number of halogens is 2. The summed E-state index contributed by atoms with van der Waals surface area (Å²) in [5, 5.41) is 0. The second kappa shape index (κ2) is 39.6. The van der Waals surface area contributed by atoms with Gasteiger partial charge in [0.1, 0.15) is 71.7 Å². The maximum atomic E-state index is 16.4. The fourth-order valence-corrected chi connectivity index (χ4v) is 14.2. The Hall–Kier alpha value is -12.7. The van der Waals surface area contributed by atoms with Gasteiger partial charge in [-0.05, 0) is 106 Å². The zero-order valence-electron chi connectivity index (χ0n) is 63.3. The lowest BCUT2D eigenvalue weighted by Crippen LogP contribution is -2.64. The lowest BCUT2D eigenvalue weighted by atomic mass is 9.96. The molecule has 0 saturated carbocycles. The van der Waals surface area contributed by atoms with Gasteiger partial charge >= 0.3 is 17.9 Å². The molecule has 0 bridgehead atoms. The van der Waals surface area contributed by atoms with Crippen molar-refractivity contribution in [3.8, 4) is 51.7 Å².